The van der Waals surface area contributed by atoms with E-state index >= 15 is 0 Å². The highest BCUT2D eigenvalue weighted by Crippen LogP contribution is 2.03. The summed E-state index contributed by atoms with van der Waals surface area (Å²) in [7, 11) is -3.65. The van der Waals surface area contributed by atoms with Gasteiger partial charge in [0.2, 0.25) is 10.0 Å². The Morgan fingerprint density at radius 1 is 1.58 bits per heavy atom. The van der Waals surface area contributed by atoms with Crippen molar-refractivity contribution < 1.29 is 18.3 Å². The smallest absolute Gasteiger partial charge is 0.405 e. The van der Waals surface area contributed by atoms with Crippen molar-refractivity contribution in [3.05, 3.63) is 0 Å². The molecule has 0 saturated heterocycles. The van der Waals surface area contributed by atoms with Crippen molar-refractivity contribution in [2.45, 2.75) is 19.4 Å². The summed E-state index contributed by atoms with van der Waals surface area (Å²) in [5.41, 5.74) is -1.06. The van der Waals surface area contributed by atoms with E-state index in [1.165, 1.54) is 13.8 Å². The van der Waals surface area contributed by atoms with E-state index in [4.69, 9.17) is 10.2 Å². The van der Waals surface area contributed by atoms with Crippen LogP contribution in [-0.2, 0) is 10.0 Å². The van der Waals surface area contributed by atoms with E-state index in [-0.39, 0.29) is 0 Å². The predicted octanol–water partition coefficient (Wildman–Crippen LogP) is -0.679. The Hall–Kier alpha value is -0.820. The molecule has 0 aliphatic rings. The zero-order valence-corrected chi connectivity index (χ0v) is 7.68. The molecular formula is C5H12N2O4S. The molecule has 0 fully saturated rings. The van der Waals surface area contributed by atoms with Crippen LogP contribution in [0.15, 0.2) is 0 Å². The van der Waals surface area contributed by atoms with E-state index in [2.05, 4.69) is 0 Å². The molecule has 12 heavy (non-hydrogen) atoms. The minimum Gasteiger partial charge on any atom is -0.465 e. The van der Waals surface area contributed by atoms with Gasteiger partial charge in [0.15, 0.2) is 0 Å². The number of rotatable bonds is 3. The molecule has 0 aromatic heterocycles. The third-order valence-corrected chi connectivity index (χ3v) is 2.13. The lowest BCUT2D eigenvalue weighted by molar-refractivity contribution is 0.185. The maximum Gasteiger partial charge on any atom is 0.405 e. The number of nitrogens with two attached hydrogens (primary N) is 1. The zero-order chi connectivity index (χ0) is 9.99. The molecule has 0 aromatic rings. The van der Waals surface area contributed by atoms with Crippen LogP contribution >= 0.6 is 0 Å². The molecule has 0 heterocycles. The average Bonchev–Trinajstić information content (AvgIpc) is 1.48. The first-order valence-electron chi connectivity index (χ1n) is 3.14. The van der Waals surface area contributed by atoms with Crippen LogP contribution < -0.4 is 10.5 Å². The van der Waals surface area contributed by atoms with Crippen LogP contribution in [0.5, 0.6) is 0 Å². The number of hydrogen-bond acceptors (Lipinski definition) is 3. The molecule has 0 rings (SSSR count). The summed E-state index contributed by atoms with van der Waals surface area (Å²) >= 11 is 0. The fraction of sp³-hybridized carbons (Fsp3) is 0.800. The van der Waals surface area contributed by atoms with Gasteiger partial charge in [0.25, 0.3) is 0 Å². The first kappa shape index (κ1) is 11.2. The summed E-state index contributed by atoms with van der Waals surface area (Å²) in [5, 5.41) is 15.1. The molecule has 4 N–H and O–H groups in total. The van der Waals surface area contributed by atoms with E-state index in [0.717, 1.165) is 0 Å². The molecule has 0 saturated carbocycles. The summed E-state index contributed by atoms with van der Waals surface area (Å²) in [6.45, 7) is 2.87. The van der Waals surface area contributed by atoms with E-state index < -0.39 is 27.4 Å². The van der Waals surface area contributed by atoms with Gasteiger partial charge in [0, 0.05) is 0 Å². The van der Waals surface area contributed by atoms with Gasteiger partial charge in [0.05, 0.1) is 11.3 Å². The molecule has 7 heteroatoms. The van der Waals surface area contributed by atoms with Crippen molar-refractivity contribution in [3.8, 4) is 0 Å². The third-order valence-electron chi connectivity index (χ3n) is 1.01. The molecular weight excluding hydrogens is 184 g/mol. The number of hydrogen-bond donors (Lipinski definition) is 3. The number of carboxylic acid groups (broad SMARTS) is 1. The van der Waals surface area contributed by atoms with Crippen molar-refractivity contribution in [1.82, 2.24) is 5.32 Å². The molecule has 0 atom stereocenters. The number of primary sulfonamides is 1. The standard InChI is InChI=1S/C5H12N2O4S/c1-5(2,7-4(8)9)3-12(6,10)11/h7H,3H2,1-2H3,(H,8,9)(H2,6,10,11). The second-order valence-corrected chi connectivity index (χ2v) is 4.74. The summed E-state index contributed by atoms with van der Waals surface area (Å²) in [4.78, 5) is 10.2. The molecule has 0 radical (unpaired) electrons. The SMILES string of the molecule is CC(C)(CS(N)(=O)=O)NC(=O)O. The quantitative estimate of drug-likeness (QED) is 0.555. The Balaban J connectivity index is 4.33. The number of nitrogens with one attached hydrogen (secondary N) is 1. The average molecular weight is 196 g/mol. The van der Waals surface area contributed by atoms with E-state index in [1.807, 2.05) is 5.32 Å². The van der Waals surface area contributed by atoms with Gasteiger partial charge in [-0.25, -0.2) is 18.4 Å². The monoisotopic (exact) mass is 196 g/mol. The van der Waals surface area contributed by atoms with Crippen LogP contribution in [0.1, 0.15) is 13.8 Å². The largest absolute Gasteiger partial charge is 0.465 e. The highest BCUT2D eigenvalue weighted by atomic mass is 32.2. The molecule has 0 aromatic carbocycles. The Morgan fingerprint density at radius 2 is 2.00 bits per heavy atom. The van der Waals surface area contributed by atoms with E-state index in [0.29, 0.717) is 0 Å². The van der Waals surface area contributed by atoms with Gasteiger partial charge in [-0.05, 0) is 13.8 Å². The van der Waals surface area contributed by atoms with Crippen LogP contribution in [0.4, 0.5) is 4.79 Å². The molecule has 6 nitrogen and oxygen atoms in total. The highest BCUT2D eigenvalue weighted by Gasteiger charge is 2.25. The van der Waals surface area contributed by atoms with Gasteiger partial charge >= 0.3 is 6.09 Å². The third kappa shape index (κ3) is 5.93. The minimum atomic E-state index is -3.65. The minimum absolute atomic E-state index is 0.424. The Bertz CT molecular complexity index is 269. The maximum atomic E-state index is 10.6. The normalized spacial score (nSPS) is 12.6. The molecule has 0 aliphatic heterocycles. The molecule has 0 aliphatic carbocycles. The topological polar surface area (TPSA) is 109 Å². The van der Waals surface area contributed by atoms with Gasteiger partial charge in [-0.2, -0.15) is 0 Å². The van der Waals surface area contributed by atoms with E-state index in [1.54, 1.807) is 0 Å². The van der Waals surface area contributed by atoms with Gasteiger partial charge in [0.1, 0.15) is 0 Å². The van der Waals surface area contributed by atoms with Crippen LogP contribution in [0.3, 0.4) is 0 Å². The number of amides is 1. The van der Waals surface area contributed by atoms with Crippen molar-refractivity contribution in [2.75, 3.05) is 5.75 Å². The Kier molecular flexibility index (Phi) is 3.05. The van der Waals surface area contributed by atoms with Crippen LogP contribution in [0, 0.1) is 0 Å². The van der Waals surface area contributed by atoms with Gasteiger partial charge in [-0.1, -0.05) is 0 Å². The number of sulfonamides is 1. The second-order valence-electron chi connectivity index (χ2n) is 3.12. The van der Waals surface area contributed by atoms with Gasteiger partial charge in [-0.3, -0.25) is 0 Å². The zero-order valence-electron chi connectivity index (χ0n) is 6.86. The summed E-state index contributed by atoms with van der Waals surface area (Å²) in [6, 6.07) is 0. The van der Waals surface area contributed by atoms with Crippen molar-refractivity contribution in [2.24, 2.45) is 5.14 Å². The molecule has 72 valence electrons. The summed E-state index contributed by atoms with van der Waals surface area (Å²) in [5.74, 6) is -0.424. The maximum absolute atomic E-state index is 10.6. The van der Waals surface area contributed by atoms with Crippen molar-refractivity contribution in [3.63, 3.8) is 0 Å². The first-order valence-corrected chi connectivity index (χ1v) is 4.85. The van der Waals surface area contributed by atoms with Crippen LogP contribution in [-0.4, -0.2) is 30.9 Å². The second kappa shape index (κ2) is 3.28. The van der Waals surface area contributed by atoms with Gasteiger partial charge in [-0.15, -0.1) is 0 Å². The molecule has 1 amide bonds. The first-order chi connectivity index (χ1) is 5.12. The van der Waals surface area contributed by atoms with Gasteiger partial charge < -0.3 is 10.4 Å². The fourth-order valence-electron chi connectivity index (χ4n) is 0.829. The fourth-order valence-corrected chi connectivity index (χ4v) is 1.91. The lowest BCUT2D eigenvalue weighted by Crippen LogP contribution is -2.49. The molecule has 0 bridgehead atoms. The molecule has 0 spiro atoms. The Labute approximate surface area is 70.8 Å². The summed E-state index contributed by atoms with van der Waals surface area (Å²) < 4.78 is 21.1. The van der Waals surface area contributed by atoms with E-state index in [9.17, 15) is 13.2 Å². The highest BCUT2D eigenvalue weighted by molar-refractivity contribution is 7.89. The Morgan fingerprint density at radius 3 is 2.25 bits per heavy atom. The molecule has 0 unspecified atom stereocenters. The van der Waals surface area contributed by atoms with Crippen molar-refractivity contribution >= 4 is 16.1 Å². The lowest BCUT2D eigenvalue weighted by Gasteiger charge is -2.22. The van der Waals surface area contributed by atoms with Crippen LogP contribution in [0.2, 0.25) is 0 Å². The van der Waals surface area contributed by atoms with Crippen LogP contribution in [0.25, 0.3) is 0 Å². The number of carbonyl (C=O) groups is 1. The van der Waals surface area contributed by atoms with Crippen molar-refractivity contribution in [1.29, 1.82) is 0 Å². The predicted molar refractivity (Wildman–Crippen MR) is 43.2 cm³/mol. The summed E-state index contributed by atoms with van der Waals surface area (Å²) in [6.07, 6.45) is -1.27. The lowest BCUT2D eigenvalue weighted by atomic mass is 10.1.